The molecule has 0 amide bonds. The summed E-state index contributed by atoms with van der Waals surface area (Å²) in [6.45, 7) is 0.215. The van der Waals surface area contributed by atoms with Gasteiger partial charge >= 0.3 is 0 Å². The molecule has 0 bridgehead atoms. The average Bonchev–Trinajstić information content (AvgIpc) is 2.75. The van der Waals surface area contributed by atoms with E-state index in [1.165, 1.54) is 18.2 Å². The van der Waals surface area contributed by atoms with Crippen molar-refractivity contribution in [3.8, 4) is 11.3 Å². The minimum absolute atomic E-state index is 0.215. The lowest BCUT2D eigenvalue weighted by molar-refractivity contribution is 0.563. The fourth-order valence-electron chi connectivity index (χ4n) is 1.41. The van der Waals surface area contributed by atoms with E-state index in [2.05, 4.69) is 15.2 Å². The van der Waals surface area contributed by atoms with Gasteiger partial charge < -0.3 is 0 Å². The lowest BCUT2D eigenvalue weighted by Gasteiger charge is -2.00. The van der Waals surface area contributed by atoms with Gasteiger partial charge in [-0.25, -0.2) is 14.2 Å². The summed E-state index contributed by atoms with van der Waals surface area (Å²) in [5, 5.41) is 6.65. The van der Waals surface area contributed by atoms with E-state index in [4.69, 9.17) is 0 Å². The van der Waals surface area contributed by atoms with Gasteiger partial charge in [0.05, 0.1) is 18.4 Å². The van der Waals surface area contributed by atoms with Gasteiger partial charge in [-0.05, 0) is 24.3 Å². The van der Waals surface area contributed by atoms with Crippen LogP contribution in [0.1, 0.15) is 5.56 Å². The largest absolute Gasteiger partial charge is 0.277 e. The summed E-state index contributed by atoms with van der Waals surface area (Å²) in [6.07, 6.45) is 3.05. The standard InChI is InChI=1S/C11H8FN3O/c12-10-3-1-8(2-4-10)11-9(5-13-7-16)6-14-15-11/h1-4,6H,5H2,(H,14,15). The highest BCUT2D eigenvalue weighted by Crippen LogP contribution is 2.21. The number of H-pyrrole nitrogens is 1. The molecule has 0 aliphatic heterocycles. The van der Waals surface area contributed by atoms with Crippen molar-refractivity contribution in [1.82, 2.24) is 10.2 Å². The zero-order valence-electron chi connectivity index (χ0n) is 8.27. The number of hydrogen-bond acceptors (Lipinski definition) is 3. The lowest BCUT2D eigenvalue weighted by atomic mass is 10.1. The van der Waals surface area contributed by atoms with Crippen molar-refractivity contribution in [2.24, 2.45) is 4.99 Å². The molecular formula is C11H8FN3O. The number of benzene rings is 1. The molecule has 2 rings (SSSR count). The third-order valence-electron chi connectivity index (χ3n) is 2.16. The third kappa shape index (κ3) is 2.04. The first kappa shape index (κ1) is 10.3. The van der Waals surface area contributed by atoms with E-state index in [0.717, 1.165) is 16.8 Å². The minimum Gasteiger partial charge on any atom is -0.277 e. The van der Waals surface area contributed by atoms with Gasteiger partial charge in [0.15, 0.2) is 0 Å². The zero-order chi connectivity index (χ0) is 11.4. The molecule has 80 valence electrons. The van der Waals surface area contributed by atoms with E-state index >= 15 is 0 Å². The molecule has 2 aromatic rings. The molecule has 1 aromatic heterocycles. The Morgan fingerprint density at radius 2 is 2.12 bits per heavy atom. The smallest absolute Gasteiger partial charge is 0.235 e. The zero-order valence-corrected chi connectivity index (χ0v) is 8.27. The van der Waals surface area contributed by atoms with Crippen LogP contribution in [0.3, 0.4) is 0 Å². The Hall–Kier alpha value is -2.26. The number of aromatic nitrogens is 2. The van der Waals surface area contributed by atoms with Gasteiger partial charge in [0, 0.05) is 11.1 Å². The second-order valence-electron chi connectivity index (χ2n) is 3.18. The van der Waals surface area contributed by atoms with Gasteiger partial charge in [0.2, 0.25) is 6.08 Å². The predicted octanol–water partition coefficient (Wildman–Crippen LogP) is 2.05. The van der Waals surface area contributed by atoms with Crippen LogP contribution in [0.25, 0.3) is 11.3 Å². The fourth-order valence-corrected chi connectivity index (χ4v) is 1.41. The van der Waals surface area contributed by atoms with E-state index < -0.39 is 0 Å². The Balaban J connectivity index is 2.36. The van der Waals surface area contributed by atoms with Crippen molar-refractivity contribution in [2.45, 2.75) is 6.54 Å². The molecule has 1 N–H and O–H groups in total. The number of hydrogen-bond donors (Lipinski definition) is 1. The molecule has 4 nitrogen and oxygen atoms in total. The maximum Gasteiger partial charge on any atom is 0.235 e. The minimum atomic E-state index is -0.296. The monoisotopic (exact) mass is 217 g/mol. The van der Waals surface area contributed by atoms with E-state index in [0.29, 0.717) is 0 Å². The highest BCUT2D eigenvalue weighted by Gasteiger charge is 2.06. The van der Waals surface area contributed by atoms with Crippen molar-refractivity contribution in [3.63, 3.8) is 0 Å². The molecule has 1 heterocycles. The van der Waals surface area contributed by atoms with Crippen LogP contribution in [-0.4, -0.2) is 16.3 Å². The number of aromatic amines is 1. The Morgan fingerprint density at radius 1 is 1.38 bits per heavy atom. The van der Waals surface area contributed by atoms with Crippen LogP contribution in [0.2, 0.25) is 0 Å². The number of aliphatic imine (C=N–C) groups is 1. The molecule has 0 atom stereocenters. The second kappa shape index (κ2) is 4.51. The van der Waals surface area contributed by atoms with Crippen molar-refractivity contribution >= 4 is 6.08 Å². The summed E-state index contributed by atoms with van der Waals surface area (Å²) >= 11 is 0. The van der Waals surface area contributed by atoms with Crippen LogP contribution in [0.15, 0.2) is 35.5 Å². The number of halogens is 1. The maximum atomic E-state index is 12.7. The van der Waals surface area contributed by atoms with Crippen LogP contribution in [0.5, 0.6) is 0 Å². The van der Waals surface area contributed by atoms with Gasteiger partial charge in [0.25, 0.3) is 0 Å². The second-order valence-corrected chi connectivity index (χ2v) is 3.18. The SMILES string of the molecule is O=C=NCc1cn[nH]c1-c1ccc(F)cc1. The van der Waals surface area contributed by atoms with Gasteiger partial charge in [-0.15, -0.1) is 0 Å². The highest BCUT2D eigenvalue weighted by molar-refractivity contribution is 5.62. The van der Waals surface area contributed by atoms with E-state index in [1.54, 1.807) is 18.3 Å². The number of nitrogens with zero attached hydrogens (tertiary/aromatic N) is 2. The molecule has 0 aliphatic carbocycles. The van der Waals surface area contributed by atoms with Crippen LogP contribution >= 0.6 is 0 Å². The van der Waals surface area contributed by atoms with Crippen molar-refractivity contribution in [1.29, 1.82) is 0 Å². The summed E-state index contributed by atoms with van der Waals surface area (Å²) in [7, 11) is 0. The molecule has 0 spiro atoms. The quantitative estimate of drug-likeness (QED) is 0.631. The van der Waals surface area contributed by atoms with Gasteiger partial charge in [-0.2, -0.15) is 5.10 Å². The first-order chi connectivity index (χ1) is 7.81. The van der Waals surface area contributed by atoms with Gasteiger partial charge in [-0.3, -0.25) is 5.10 Å². The molecular weight excluding hydrogens is 209 g/mol. The maximum absolute atomic E-state index is 12.7. The number of nitrogens with one attached hydrogen (secondary N) is 1. The van der Waals surface area contributed by atoms with E-state index in [9.17, 15) is 9.18 Å². The number of rotatable bonds is 3. The summed E-state index contributed by atoms with van der Waals surface area (Å²) in [4.78, 5) is 13.5. The molecule has 0 radical (unpaired) electrons. The van der Waals surface area contributed by atoms with Gasteiger partial charge in [0.1, 0.15) is 5.82 Å². The molecule has 0 saturated carbocycles. The van der Waals surface area contributed by atoms with Crippen LogP contribution in [0, 0.1) is 5.82 Å². The third-order valence-corrected chi connectivity index (χ3v) is 2.16. The average molecular weight is 217 g/mol. The highest BCUT2D eigenvalue weighted by atomic mass is 19.1. The molecule has 0 aliphatic rings. The first-order valence-electron chi connectivity index (χ1n) is 4.63. The number of carbonyl (C=O) groups excluding carboxylic acids is 1. The van der Waals surface area contributed by atoms with E-state index in [-0.39, 0.29) is 12.4 Å². The molecule has 1 aromatic carbocycles. The van der Waals surface area contributed by atoms with Crippen molar-refractivity contribution in [3.05, 3.63) is 41.8 Å². The first-order valence-corrected chi connectivity index (χ1v) is 4.63. The lowest BCUT2D eigenvalue weighted by Crippen LogP contribution is -1.85. The molecule has 16 heavy (non-hydrogen) atoms. The summed E-state index contributed by atoms with van der Waals surface area (Å²) in [6, 6.07) is 6.00. The molecule has 0 saturated heterocycles. The normalized spacial score (nSPS) is 9.81. The van der Waals surface area contributed by atoms with E-state index in [1.807, 2.05) is 0 Å². The Labute approximate surface area is 90.8 Å². The predicted molar refractivity (Wildman–Crippen MR) is 55.8 cm³/mol. The molecule has 0 unspecified atom stereocenters. The molecule has 5 heteroatoms. The van der Waals surface area contributed by atoms with Gasteiger partial charge in [-0.1, -0.05) is 0 Å². The Bertz CT molecular complexity index is 526. The summed E-state index contributed by atoms with van der Waals surface area (Å²) < 4.78 is 12.7. The van der Waals surface area contributed by atoms with Crippen molar-refractivity contribution in [2.75, 3.05) is 0 Å². The van der Waals surface area contributed by atoms with Crippen LogP contribution < -0.4 is 0 Å². The topological polar surface area (TPSA) is 58.1 Å². The Kier molecular flexibility index (Phi) is 2.89. The van der Waals surface area contributed by atoms with Crippen LogP contribution in [0.4, 0.5) is 4.39 Å². The fraction of sp³-hybridized carbons (Fsp3) is 0.0909. The van der Waals surface area contributed by atoms with Crippen molar-refractivity contribution < 1.29 is 9.18 Å². The Morgan fingerprint density at radius 3 is 2.81 bits per heavy atom. The summed E-state index contributed by atoms with van der Waals surface area (Å²) in [5.74, 6) is -0.296. The van der Waals surface area contributed by atoms with Crippen LogP contribution in [-0.2, 0) is 11.3 Å². The summed E-state index contributed by atoms with van der Waals surface area (Å²) in [5.41, 5.74) is 2.31. The molecule has 0 fully saturated rings. The number of isocyanates is 1.